The van der Waals surface area contributed by atoms with E-state index in [4.69, 9.17) is 14.2 Å². The molecule has 1 saturated heterocycles. The second kappa shape index (κ2) is 10.8. The van der Waals surface area contributed by atoms with Crippen molar-refractivity contribution in [3.8, 4) is 0 Å². The zero-order valence-corrected chi connectivity index (χ0v) is 22.6. The summed E-state index contributed by atoms with van der Waals surface area (Å²) in [6.07, 6.45) is 1.89. The van der Waals surface area contributed by atoms with Crippen molar-refractivity contribution in [3.05, 3.63) is 35.0 Å². The van der Waals surface area contributed by atoms with E-state index >= 15 is 0 Å². The number of benzene rings is 1. The molecular weight excluding hydrogens is 458 g/mol. The number of rotatable bonds is 8. The molecule has 4 rings (SSSR count). The topological polar surface area (TPSA) is 73.2 Å². The van der Waals surface area contributed by atoms with Gasteiger partial charge in [0.2, 0.25) is 0 Å². The Balaban J connectivity index is 1.50. The highest BCUT2D eigenvalue weighted by Crippen LogP contribution is 2.32. The van der Waals surface area contributed by atoms with Crippen LogP contribution in [0.25, 0.3) is 10.9 Å². The number of amides is 2. The lowest BCUT2D eigenvalue weighted by atomic mass is 10.1. The van der Waals surface area contributed by atoms with Crippen molar-refractivity contribution in [3.63, 3.8) is 0 Å². The van der Waals surface area contributed by atoms with Gasteiger partial charge in [-0.1, -0.05) is 12.1 Å². The molecule has 0 spiro atoms. The number of nitrogens with zero attached hydrogens (tertiary/aromatic N) is 3. The molecule has 36 heavy (non-hydrogen) atoms. The SMILES string of the molecule is COCCCn1c(C)c(C)c2ccc(CN(C(=O)[C@H]3CN(C(=O)OC(C)(C)C)CCO3)C3CC3)cc21. The number of ether oxygens (including phenoxy) is 3. The third-order valence-corrected chi connectivity index (χ3v) is 7.05. The van der Waals surface area contributed by atoms with Crippen molar-refractivity contribution >= 4 is 22.9 Å². The van der Waals surface area contributed by atoms with Gasteiger partial charge in [0.15, 0.2) is 6.10 Å². The lowest BCUT2D eigenvalue weighted by Crippen LogP contribution is -2.53. The molecule has 0 unspecified atom stereocenters. The third kappa shape index (κ3) is 6.03. The average Bonchev–Trinajstić information content (AvgIpc) is 3.65. The van der Waals surface area contributed by atoms with Crippen molar-refractivity contribution in [2.75, 3.05) is 33.4 Å². The molecule has 0 N–H and O–H groups in total. The smallest absolute Gasteiger partial charge is 0.410 e. The Bertz CT molecular complexity index is 1100. The Labute approximate surface area is 214 Å². The van der Waals surface area contributed by atoms with Crippen molar-refractivity contribution in [1.29, 1.82) is 0 Å². The lowest BCUT2D eigenvalue weighted by Gasteiger charge is -2.36. The second-order valence-electron chi connectivity index (χ2n) is 11.0. The summed E-state index contributed by atoms with van der Waals surface area (Å²) in [6.45, 7) is 13.0. The maximum Gasteiger partial charge on any atom is 0.410 e. The Hall–Kier alpha value is -2.58. The highest BCUT2D eigenvalue weighted by atomic mass is 16.6. The molecule has 0 radical (unpaired) electrons. The number of aromatic nitrogens is 1. The number of morpholine rings is 1. The number of carbonyl (C=O) groups is 2. The summed E-state index contributed by atoms with van der Waals surface area (Å²) in [7, 11) is 1.73. The van der Waals surface area contributed by atoms with Gasteiger partial charge in [0, 0.05) is 56.0 Å². The van der Waals surface area contributed by atoms with Gasteiger partial charge in [0.05, 0.1) is 13.2 Å². The molecule has 2 amide bonds. The molecule has 0 bridgehead atoms. The van der Waals surface area contributed by atoms with Crippen LogP contribution in [0.3, 0.4) is 0 Å². The lowest BCUT2D eigenvalue weighted by molar-refractivity contribution is -0.150. The Morgan fingerprint density at radius 1 is 1.19 bits per heavy atom. The van der Waals surface area contributed by atoms with E-state index in [1.54, 1.807) is 12.0 Å². The minimum absolute atomic E-state index is 0.0475. The van der Waals surface area contributed by atoms with Gasteiger partial charge >= 0.3 is 6.09 Å². The molecule has 198 valence electrons. The van der Waals surface area contributed by atoms with Crippen LogP contribution in [0.4, 0.5) is 4.79 Å². The quantitative estimate of drug-likeness (QED) is 0.503. The molecule has 1 aromatic heterocycles. The molecule has 2 heterocycles. The van der Waals surface area contributed by atoms with Crippen molar-refractivity contribution in [1.82, 2.24) is 14.4 Å². The van der Waals surface area contributed by atoms with Gasteiger partial charge < -0.3 is 28.6 Å². The fourth-order valence-electron chi connectivity index (χ4n) is 4.89. The molecule has 2 aromatic rings. The Morgan fingerprint density at radius 2 is 1.94 bits per heavy atom. The summed E-state index contributed by atoms with van der Waals surface area (Å²) in [5.41, 5.74) is 4.29. The number of hydrogen-bond acceptors (Lipinski definition) is 5. The van der Waals surface area contributed by atoms with Crippen molar-refractivity contribution in [2.45, 2.75) is 84.7 Å². The van der Waals surface area contributed by atoms with Crippen LogP contribution in [0.5, 0.6) is 0 Å². The maximum absolute atomic E-state index is 13.6. The zero-order chi connectivity index (χ0) is 26.0. The van der Waals surface area contributed by atoms with Gasteiger partial charge in [0.25, 0.3) is 5.91 Å². The van der Waals surface area contributed by atoms with Gasteiger partial charge in [-0.3, -0.25) is 4.79 Å². The summed E-state index contributed by atoms with van der Waals surface area (Å²) in [5.74, 6) is -0.0475. The molecule has 1 atom stereocenters. The van der Waals surface area contributed by atoms with E-state index in [0.29, 0.717) is 19.7 Å². The predicted octanol–water partition coefficient (Wildman–Crippen LogP) is 4.42. The molecule has 8 heteroatoms. The fraction of sp³-hybridized carbons (Fsp3) is 0.643. The maximum atomic E-state index is 13.6. The van der Waals surface area contributed by atoms with Crippen LogP contribution in [0.2, 0.25) is 0 Å². The molecule has 1 aromatic carbocycles. The third-order valence-electron chi connectivity index (χ3n) is 7.05. The Morgan fingerprint density at radius 3 is 2.61 bits per heavy atom. The van der Waals surface area contributed by atoms with Crippen molar-refractivity contribution < 1.29 is 23.8 Å². The number of hydrogen-bond donors (Lipinski definition) is 0. The average molecular weight is 500 g/mol. The van der Waals surface area contributed by atoms with E-state index in [-0.39, 0.29) is 18.5 Å². The van der Waals surface area contributed by atoms with Gasteiger partial charge in [-0.2, -0.15) is 0 Å². The minimum atomic E-state index is -0.669. The first-order valence-corrected chi connectivity index (χ1v) is 13.1. The van der Waals surface area contributed by atoms with Crippen LogP contribution in [0, 0.1) is 13.8 Å². The van der Waals surface area contributed by atoms with E-state index in [1.807, 2.05) is 25.7 Å². The van der Waals surface area contributed by atoms with E-state index < -0.39 is 17.8 Å². The summed E-state index contributed by atoms with van der Waals surface area (Å²) in [6, 6.07) is 6.76. The molecule has 1 aliphatic heterocycles. The molecule has 1 aliphatic carbocycles. The first kappa shape index (κ1) is 26.5. The number of fused-ring (bicyclic) bond motifs is 1. The van der Waals surface area contributed by atoms with Crippen LogP contribution in [-0.4, -0.2) is 77.5 Å². The monoisotopic (exact) mass is 499 g/mol. The number of methoxy groups -OCH3 is 1. The van der Waals surface area contributed by atoms with Crippen LogP contribution < -0.4 is 0 Å². The van der Waals surface area contributed by atoms with E-state index in [0.717, 1.165) is 38.0 Å². The second-order valence-corrected chi connectivity index (χ2v) is 11.0. The first-order chi connectivity index (χ1) is 17.1. The normalized spacial score (nSPS) is 18.5. The number of carbonyl (C=O) groups excluding carboxylic acids is 2. The highest BCUT2D eigenvalue weighted by molar-refractivity contribution is 5.86. The zero-order valence-electron chi connectivity index (χ0n) is 22.6. The molecule has 1 saturated carbocycles. The Kier molecular flexibility index (Phi) is 7.95. The molecule has 2 fully saturated rings. The van der Waals surface area contributed by atoms with E-state index in [2.05, 4.69) is 36.6 Å². The van der Waals surface area contributed by atoms with Gasteiger partial charge in [0.1, 0.15) is 5.60 Å². The summed E-state index contributed by atoms with van der Waals surface area (Å²) in [5, 5.41) is 1.25. The fourth-order valence-corrected chi connectivity index (χ4v) is 4.89. The van der Waals surface area contributed by atoms with Gasteiger partial charge in [-0.25, -0.2) is 4.79 Å². The largest absolute Gasteiger partial charge is 0.444 e. The highest BCUT2D eigenvalue weighted by Gasteiger charge is 2.39. The molecular formula is C28H41N3O5. The van der Waals surface area contributed by atoms with E-state index in [1.165, 1.54) is 22.2 Å². The summed E-state index contributed by atoms with van der Waals surface area (Å²) < 4.78 is 19.0. The summed E-state index contributed by atoms with van der Waals surface area (Å²) >= 11 is 0. The predicted molar refractivity (Wildman–Crippen MR) is 139 cm³/mol. The van der Waals surface area contributed by atoms with Gasteiger partial charge in [-0.15, -0.1) is 0 Å². The van der Waals surface area contributed by atoms with E-state index in [9.17, 15) is 9.59 Å². The summed E-state index contributed by atoms with van der Waals surface area (Å²) in [4.78, 5) is 29.7. The van der Waals surface area contributed by atoms with Crippen LogP contribution in [0.15, 0.2) is 18.2 Å². The minimum Gasteiger partial charge on any atom is -0.444 e. The standard InChI is InChI=1S/C28H41N3O5/c1-19-20(2)30(12-7-14-34-6)24-16-21(8-11-23(19)24)17-31(22-9-10-22)26(32)25-18-29(13-15-35-25)27(33)36-28(3,4)5/h8,11,16,22,25H,7,9-10,12-15,17-18H2,1-6H3/t25-/m1/s1. The van der Waals surface area contributed by atoms with Crippen LogP contribution >= 0.6 is 0 Å². The molecule has 8 nitrogen and oxygen atoms in total. The molecule has 2 aliphatic rings. The van der Waals surface area contributed by atoms with Crippen LogP contribution in [-0.2, 0) is 32.1 Å². The first-order valence-electron chi connectivity index (χ1n) is 13.1. The van der Waals surface area contributed by atoms with Crippen molar-refractivity contribution in [2.24, 2.45) is 0 Å². The van der Waals surface area contributed by atoms with Crippen LogP contribution in [0.1, 0.15) is 56.9 Å². The van der Waals surface area contributed by atoms with Gasteiger partial charge in [-0.05, 0) is 71.1 Å². The number of aryl methyl sites for hydroxylation is 2.